The van der Waals surface area contributed by atoms with Crippen molar-refractivity contribution in [2.75, 3.05) is 0 Å². The quantitative estimate of drug-likeness (QED) is 0.685. The lowest BCUT2D eigenvalue weighted by molar-refractivity contribution is -0.142. The molecule has 18 heavy (non-hydrogen) atoms. The van der Waals surface area contributed by atoms with Crippen molar-refractivity contribution in [3.8, 4) is 0 Å². The van der Waals surface area contributed by atoms with Gasteiger partial charge in [0.1, 0.15) is 11.3 Å². The molecule has 2 aliphatic rings. The number of carbonyl (C=O) groups is 2. The average Bonchev–Trinajstić information content (AvgIpc) is 2.51. The summed E-state index contributed by atoms with van der Waals surface area (Å²) in [7, 11) is 0. The molecule has 5 heteroatoms. The molecule has 0 bridgehead atoms. The largest absolute Gasteiger partial charge is 0.319 e. The lowest BCUT2D eigenvalue weighted by atomic mass is 9.77. The molecule has 0 saturated heterocycles. The Morgan fingerprint density at radius 1 is 1.17 bits per heavy atom. The summed E-state index contributed by atoms with van der Waals surface area (Å²) in [5.41, 5.74) is 4.17. The van der Waals surface area contributed by atoms with Crippen LogP contribution in [0.4, 0.5) is 0 Å². The minimum atomic E-state index is -0.925. The standard InChI is InChI=1S/C13H21N3O2/c1-12(2,14)9-15-10(17)13(11(18)16-9)7-5-3-4-6-8-13/h3-8,14H2,1-2H3,(H,15,16,17,18). The smallest absolute Gasteiger partial charge is 0.263 e. The first-order valence-electron chi connectivity index (χ1n) is 6.60. The molecule has 0 radical (unpaired) electrons. The molecule has 1 spiro atoms. The maximum absolute atomic E-state index is 12.3. The number of nitrogens with one attached hydrogen (secondary N) is 1. The highest BCUT2D eigenvalue weighted by molar-refractivity contribution is 6.20. The normalized spacial score (nSPS) is 24.5. The summed E-state index contributed by atoms with van der Waals surface area (Å²) >= 11 is 0. The van der Waals surface area contributed by atoms with Crippen molar-refractivity contribution in [3.63, 3.8) is 0 Å². The van der Waals surface area contributed by atoms with Gasteiger partial charge >= 0.3 is 0 Å². The molecule has 1 saturated carbocycles. The van der Waals surface area contributed by atoms with Gasteiger partial charge in [-0.15, -0.1) is 0 Å². The number of hydrogen-bond donors (Lipinski definition) is 2. The molecule has 2 amide bonds. The highest BCUT2D eigenvalue weighted by Gasteiger charge is 2.49. The van der Waals surface area contributed by atoms with Gasteiger partial charge in [0.15, 0.2) is 0 Å². The Bertz CT molecular complexity index is 399. The van der Waals surface area contributed by atoms with E-state index in [2.05, 4.69) is 10.3 Å². The predicted molar refractivity (Wildman–Crippen MR) is 69.0 cm³/mol. The number of amidine groups is 1. The summed E-state index contributed by atoms with van der Waals surface area (Å²) < 4.78 is 0. The summed E-state index contributed by atoms with van der Waals surface area (Å²) in [4.78, 5) is 28.7. The number of nitrogens with two attached hydrogens (primary N) is 1. The molecule has 1 aliphatic heterocycles. The van der Waals surface area contributed by atoms with Gasteiger partial charge in [0.2, 0.25) is 5.91 Å². The van der Waals surface area contributed by atoms with E-state index in [1.165, 1.54) is 0 Å². The van der Waals surface area contributed by atoms with Gasteiger partial charge in [-0.05, 0) is 26.7 Å². The molecule has 1 aliphatic carbocycles. The van der Waals surface area contributed by atoms with E-state index in [-0.39, 0.29) is 17.6 Å². The summed E-state index contributed by atoms with van der Waals surface area (Å²) in [6.07, 6.45) is 5.22. The van der Waals surface area contributed by atoms with Gasteiger partial charge in [0, 0.05) is 0 Å². The zero-order chi connectivity index (χ0) is 13.4. The Morgan fingerprint density at radius 2 is 1.72 bits per heavy atom. The van der Waals surface area contributed by atoms with Crippen LogP contribution in [0.1, 0.15) is 52.4 Å². The highest BCUT2D eigenvalue weighted by Crippen LogP contribution is 2.38. The van der Waals surface area contributed by atoms with E-state index in [4.69, 9.17) is 5.73 Å². The van der Waals surface area contributed by atoms with Crippen LogP contribution in [0.25, 0.3) is 0 Å². The Labute approximate surface area is 107 Å². The topological polar surface area (TPSA) is 84.5 Å². The van der Waals surface area contributed by atoms with Gasteiger partial charge < -0.3 is 11.1 Å². The summed E-state index contributed by atoms with van der Waals surface area (Å²) in [6, 6.07) is 0. The first kappa shape index (κ1) is 13.2. The van der Waals surface area contributed by atoms with Crippen LogP contribution in [0.3, 0.4) is 0 Å². The minimum Gasteiger partial charge on any atom is -0.319 e. The van der Waals surface area contributed by atoms with Crippen molar-refractivity contribution in [1.82, 2.24) is 5.32 Å². The summed E-state index contributed by atoms with van der Waals surface area (Å²) in [5, 5.41) is 2.74. The molecule has 1 heterocycles. The van der Waals surface area contributed by atoms with Crippen molar-refractivity contribution in [1.29, 1.82) is 0 Å². The fourth-order valence-electron chi connectivity index (χ4n) is 2.64. The number of carbonyl (C=O) groups excluding carboxylic acids is 2. The third-order valence-corrected chi connectivity index (χ3v) is 3.86. The minimum absolute atomic E-state index is 0.210. The van der Waals surface area contributed by atoms with Crippen molar-refractivity contribution < 1.29 is 9.59 Å². The van der Waals surface area contributed by atoms with Crippen LogP contribution in [0, 0.1) is 5.41 Å². The molecule has 0 aromatic carbocycles. The molecule has 1 fully saturated rings. The molecule has 100 valence electrons. The van der Waals surface area contributed by atoms with Gasteiger partial charge in [0.25, 0.3) is 5.91 Å². The lowest BCUT2D eigenvalue weighted by Gasteiger charge is -2.34. The molecule has 3 N–H and O–H groups in total. The molecule has 0 unspecified atom stereocenters. The molecular formula is C13H21N3O2. The van der Waals surface area contributed by atoms with Crippen LogP contribution in [0.2, 0.25) is 0 Å². The second kappa shape index (κ2) is 4.46. The fraction of sp³-hybridized carbons (Fsp3) is 0.769. The van der Waals surface area contributed by atoms with Crippen LogP contribution in [-0.4, -0.2) is 23.2 Å². The van der Waals surface area contributed by atoms with Crippen LogP contribution >= 0.6 is 0 Å². The summed E-state index contributed by atoms with van der Waals surface area (Å²) in [5.74, 6) is -0.230. The zero-order valence-electron chi connectivity index (χ0n) is 11.1. The van der Waals surface area contributed by atoms with Gasteiger partial charge in [-0.2, -0.15) is 4.99 Å². The lowest BCUT2D eigenvalue weighted by Crippen LogP contribution is -2.60. The van der Waals surface area contributed by atoms with E-state index in [1.807, 2.05) is 0 Å². The second-order valence-corrected chi connectivity index (χ2v) is 5.94. The van der Waals surface area contributed by atoms with Crippen LogP contribution < -0.4 is 11.1 Å². The molecule has 0 aromatic heterocycles. The van der Waals surface area contributed by atoms with E-state index < -0.39 is 11.0 Å². The second-order valence-electron chi connectivity index (χ2n) is 5.94. The van der Waals surface area contributed by atoms with Gasteiger partial charge in [0.05, 0.1) is 5.54 Å². The Balaban J connectivity index is 2.33. The Hall–Kier alpha value is -1.23. The fourth-order valence-corrected chi connectivity index (χ4v) is 2.64. The van der Waals surface area contributed by atoms with E-state index in [0.29, 0.717) is 12.8 Å². The van der Waals surface area contributed by atoms with Gasteiger partial charge in [-0.3, -0.25) is 9.59 Å². The van der Waals surface area contributed by atoms with Crippen LogP contribution in [-0.2, 0) is 9.59 Å². The number of rotatable bonds is 1. The van der Waals surface area contributed by atoms with Crippen molar-refractivity contribution in [2.45, 2.75) is 57.9 Å². The maximum atomic E-state index is 12.3. The SMILES string of the molecule is CC(C)(N)C1=NC(=O)C2(CCCCCC2)C(=O)N1. The van der Waals surface area contributed by atoms with Crippen LogP contribution in [0.15, 0.2) is 4.99 Å². The first-order valence-corrected chi connectivity index (χ1v) is 6.60. The molecule has 5 nitrogen and oxygen atoms in total. The average molecular weight is 251 g/mol. The number of amides is 2. The molecular weight excluding hydrogens is 230 g/mol. The first-order chi connectivity index (χ1) is 8.36. The number of aliphatic imine (C=N–C) groups is 1. The number of hydrogen-bond acceptors (Lipinski definition) is 3. The predicted octanol–water partition coefficient (Wildman–Crippen LogP) is 1.12. The van der Waals surface area contributed by atoms with E-state index in [0.717, 1.165) is 25.7 Å². The van der Waals surface area contributed by atoms with Gasteiger partial charge in [-0.1, -0.05) is 25.7 Å². The van der Waals surface area contributed by atoms with Gasteiger partial charge in [-0.25, -0.2) is 0 Å². The van der Waals surface area contributed by atoms with E-state index in [9.17, 15) is 9.59 Å². The third kappa shape index (κ3) is 2.19. The maximum Gasteiger partial charge on any atom is 0.263 e. The molecule has 0 atom stereocenters. The molecule has 2 rings (SSSR count). The summed E-state index contributed by atoms with van der Waals surface area (Å²) in [6.45, 7) is 3.45. The van der Waals surface area contributed by atoms with Crippen molar-refractivity contribution in [2.24, 2.45) is 16.1 Å². The Morgan fingerprint density at radius 3 is 2.17 bits per heavy atom. The van der Waals surface area contributed by atoms with Crippen LogP contribution in [0.5, 0.6) is 0 Å². The van der Waals surface area contributed by atoms with E-state index >= 15 is 0 Å². The number of nitrogens with zero attached hydrogens (tertiary/aromatic N) is 1. The van der Waals surface area contributed by atoms with Crippen molar-refractivity contribution >= 4 is 17.6 Å². The third-order valence-electron chi connectivity index (χ3n) is 3.86. The van der Waals surface area contributed by atoms with Crippen molar-refractivity contribution in [3.05, 3.63) is 0 Å². The Kier molecular flexibility index (Phi) is 3.27. The monoisotopic (exact) mass is 251 g/mol. The van der Waals surface area contributed by atoms with E-state index in [1.54, 1.807) is 13.8 Å². The highest BCUT2D eigenvalue weighted by atomic mass is 16.2. The zero-order valence-corrected chi connectivity index (χ0v) is 11.1. The molecule has 0 aromatic rings.